The number of rotatable bonds is 4. The van der Waals surface area contributed by atoms with Crippen LogP contribution in [-0.4, -0.2) is 16.0 Å². The number of carbonyl (C=O) groups excluding carboxylic acids is 1. The first-order valence-electron chi connectivity index (χ1n) is 7.53. The second-order valence-electron chi connectivity index (χ2n) is 5.39. The highest BCUT2D eigenvalue weighted by molar-refractivity contribution is 6.07. The molecule has 0 aliphatic rings. The number of phenols is 2. The molecule has 0 aliphatic carbocycles. The topological polar surface area (TPSA) is 57.5 Å². The molecule has 0 atom stereocenters. The molecular formula is C21H16O3. The molecule has 3 rings (SSSR count). The van der Waals surface area contributed by atoms with Gasteiger partial charge in [0.15, 0.2) is 17.3 Å². The largest absolute Gasteiger partial charge is 0.504 e. The standard InChI is InChI=1S/C21H16O3/c22-19(12-6-15-7-13-20(23)21(24)14-15)18-10-8-17(9-11-18)16-4-2-1-3-5-16/h1-14,23-24H/b12-6+. The van der Waals surface area contributed by atoms with Gasteiger partial charge in [-0.05, 0) is 34.9 Å². The zero-order valence-electron chi connectivity index (χ0n) is 12.9. The number of allylic oxidation sites excluding steroid dienone is 1. The molecule has 0 saturated heterocycles. The molecule has 3 nitrogen and oxygen atoms in total. The van der Waals surface area contributed by atoms with Gasteiger partial charge in [0.05, 0.1) is 0 Å². The number of hydrogen-bond donors (Lipinski definition) is 2. The highest BCUT2D eigenvalue weighted by Gasteiger charge is 2.04. The van der Waals surface area contributed by atoms with E-state index in [0.29, 0.717) is 11.1 Å². The van der Waals surface area contributed by atoms with E-state index in [0.717, 1.165) is 11.1 Å². The summed E-state index contributed by atoms with van der Waals surface area (Å²) in [6, 6.07) is 21.8. The average molecular weight is 316 g/mol. The van der Waals surface area contributed by atoms with E-state index < -0.39 is 0 Å². The fraction of sp³-hybridized carbons (Fsp3) is 0. The van der Waals surface area contributed by atoms with Crippen molar-refractivity contribution in [2.75, 3.05) is 0 Å². The van der Waals surface area contributed by atoms with E-state index in [2.05, 4.69) is 0 Å². The molecule has 3 heteroatoms. The zero-order chi connectivity index (χ0) is 16.9. The van der Waals surface area contributed by atoms with Gasteiger partial charge in [0.2, 0.25) is 0 Å². The Hall–Kier alpha value is -3.33. The van der Waals surface area contributed by atoms with Gasteiger partial charge < -0.3 is 10.2 Å². The van der Waals surface area contributed by atoms with Crippen LogP contribution in [-0.2, 0) is 0 Å². The van der Waals surface area contributed by atoms with Crippen LogP contribution in [0, 0.1) is 0 Å². The van der Waals surface area contributed by atoms with Gasteiger partial charge in [-0.1, -0.05) is 66.7 Å². The van der Waals surface area contributed by atoms with Gasteiger partial charge in [0.25, 0.3) is 0 Å². The summed E-state index contributed by atoms with van der Waals surface area (Å²) in [6.07, 6.45) is 3.05. The van der Waals surface area contributed by atoms with Crippen molar-refractivity contribution >= 4 is 11.9 Å². The first-order chi connectivity index (χ1) is 11.6. The minimum absolute atomic E-state index is 0.123. The number of carbonyl (C=O) groups is 1. The maximum absolute atomic E-state index is 12.2. The van der Waals surface area contributed by atoms with Crippen LogP contribution in [0.25, 0.3) is 17.2 Å². The van der Waals surface area contributed by atoms with Gasteiger partial charge in [0.1, 0.15) is 0 Å². The van der Waals surface area contributed by atoms with Crippen LogP contribution in [0.5, 0.6) is 11.5 Å². The molecule has 0 fully saturated rings. The lowest BCUT2D eigenvalue weighted by Gasteiger charge is -2.02. The summed E-state index contributed by atoms with van der Waals surface area (Å²) in [5, 5.41) is 18.7. The van der Waals surface area contributed by atoms with Crippen LogP contribution >= 0.6 is 0 Å². The summed E-state index contributed by atoms with van der Waals surface area (Å²) in [6.45, 7) is 0. The maximum atomic E-state index is 12.2. The third-order valence-electron chi connectivity index (χ3n) is 3.70. The van der Waals surface area contributed by atoms with Crippen LogP contribution in [0.3, 0.4) is 0 Å². The lowest BCUT2D eigenvalue weighted by Crippen LogP contribution is -1.93. The van der Waals surface area contributed by atoms with E-state index in [1.165, 1.54) is 18.2 Å². The van der Waals surface area contributed by atoms with Gasteiger partial charge in [-0.2, -0.15) is 0 Å². The lowest BCUT2D eigenvalue weighted by molar-refractivity contribution is 0.104. The average Bonchev–Trinajstić information content (AvgIpc) is 2.63. The molecule has 2 N–H and O–H groups in total. The van der Waals surface area contributed by atoms with Gasteiger partial charge >= 0.3 is 0 Å². The third kappa shape index (κ3) is 3.52. The van der Waals surface area contributed by atoms with E-state index >= 15 is 0 Å². The number of aromatic hydroxyl groups is 2. The van der Waals surface area contributed by atoms with Crippen molar-refractivity contribution in [3.8, 4) is 22.6 Å². The molecule has 118 valence electrons. The van der Waals surface area contributed by atoms with Crippen LogP contribution < -0.4 is 0 Å². The molecule has 3 aromatic rings. The molecule has 0 spiro atoms. The molecule has 0 unspecified atom stereocenters. The Morgan fingerprint density at radius 2 is 1.42 bits per heavy atom. The second kappa shape index (κ2) is 6.84. The van der Waals surface area contributed by atoms with E-state index in [-0.39, 0.29) is 17.3 Å². The molecule has 0 amide bonds. The normalized spacial score (nSPS) is 10.8. The fourth-order valence-electron chi connectivity index (χ4n) is 2.37. The molecule has 3 aromatic carbocycles. The van der Waals surface area contributed by atoms with Crippen molar-refractivity contribution < 1.29 is 15.0 Å². The van der Waals surface area contributed by atoms with E-state index in [1.54, 1.807) is 24.3 Å². The maximum Gasteiger partial charge on any atom is 0.185 e. The molecule has 0 heterocycles. The van der Waals surface area contributed by atoms with Crippen LogP contribution in [0.2, 0.25) is 0 Å². The smallest absolute Gasteiger partial charge is 0.185 e. The van der Waals surface area contributed by atoms with E-state index in [4.69, 9.17) is 0 Å². The predicted molar refractivity (Wildman–Crippen MR) is 95.0 cm³/mol. The van der Waals surface area contributed by atoms with E-state index in [1.807, 2.05) is 42.5 Å². The molecule has 0 aromatic heterocycles. The predicted octanol–water partition coefficient (Wildman–Crippen LogP) is 4.66. The lowest BCUT2D eigenvalue weighted by atomic mass is 10.0. The van der Waals surface area contributed by atoms with Crippen molar-refractivity contribution in [3.63, 3.8) is 0 Å². The Morgan fingerprint density at radius 3 is 2.08 bits per heavy atom. The van der Waals surface area contributed by atoms with Crippen molar-refractivity contribution in [1.29, 1.82) is 0 Å². The highest BCUT2D eigenvalue weighted by Crippen LogP contribution is 2.25. The summed E-state index contributed by atoms with van der Waals surface area (Å²) in [4.78, 5) is 12.2. The number of ketones is 1. The van der Waals surface area contributed by atoms with Crippen LogP contribution in [0.15, 0.2) is 78.9 Å². The quantitative estimate of drug-likeness (QED) is 0.418. The molecular weight excluding hydrogens is 300 g/mol. The molecule has 0 saturated carbocycles. The Balaban J connectivity index is 1.75. The third-order valence-corrected chi connectivity index (χ3v) is 3.70. The minimum Gasteiger partial charge on any atom is -0.504 e. The number of benzene rings is 3. The summed E-state index contributed by atoms with van der Waals surface area (Å²) < 4.78 is 0. The summed E-state index contributed by atoms with van der Waals surface area (Å²) in [5.41, 5.74) is 3.39. The Labute approximate surface area is 140 Å². The molecule has 24 heavy (non-hydrogen) atoms. The van der Waals surface area contributed by atoms with Gasteiger partial charge in [-0.25, -0.2) is 0 Å². The first kappa shape index (κ1) is 15.6. The van der Waals surface area contributed by atoms with E-state index in [9.17, 15) is 15.0 Å². The summed E-state index contributed by atoms with van der Waals surface area (Å²) in [5.74, 6) is -0.519. The Bertz CT molecular complexity index is 879. The van der Waals surface area contributed by atoms with Crippen molar-refractivity contribution in [2.45, 2.75) is 0 Å². The zero-order valence-corrected chi connectivity index (χ0v) is 12.9. The van der Waals surface area contributed by atoms with Gasteiger partial charge in [0, 0.05) is 5.56 Å². The SMILES string of the molecule is O=C(/C=C/c1ccc(O)c(O)c1)c1ccc(-c2ccccc2)cc1. The number of hydrogen-bond acceptors (Lipinski definition) is 3. The molecule has 0 aliphatic heterocycles. The first-order valence-corrected chi connectivity index (χ1v) is 7.53. The Kier molecular flexibility index (Phi) is 4.43. The summed E-state index contributed by atoms with van der Waals surface area (Å²) >= 11 is 0. The van der Waals surface area contributed by atoms with Gasteiger partial charge in [-0.3, -0.25) is 4.79 Å². The van der Waals surface area contributed by atoms with Crippen molar-refractivity contribution in [2.24, 2.45) is 0 Å². The molecule has 0 radical (unpaired) electrons. The van der Waals surface area contributed by atoms with Crippen LogP contribution in [0.4, 0.5) is 0 Å². The minimum atomic E-state index is -0.211. The highest BCUT2D eigenvalue weighted by atomic mass is 16.3. The Morgan fingerprint density at radius 1 is 0.750 bits per heavy atom. The second-order valence-corrected chi connectivity index (χ2v) is 5.39. The number of phenolic OH excluding ortho intramolecular Hbond substituents is 2. The van der Waals surface area contributed by atoms with Gasteiger partial charge in [-0.15, -0.1) is 0 Å². The molecule has 0 bridgehead atoms. The van der Waals surface area contributed by atoms with Crippen molar-refractivity contribution in [1.82, 2.24) is 0 Å². The monoisotopic (exact) mass is 316 g/mol. The van der Waals surface area contributed by atoms with Crippen molar-refractivity contribution in [3.05, 3.63) is 90.0 Å². The fourth-order valence-corrected chi connectivity index (χ4v) is 2.37. The summed E-state index contributed by atoms with van der Waals surface area (Å²) in [7, 11) is 0. The van der Waals surface area contributed by atoms with Crippen LogP contribution in [0.1, 0.15) is 15.9 Å².